The fourth-order valence-corrected chi connectivity index (χ4v) is 4.81. The van der Waals surface area contributed by atoms with Crippen molar-refractivity contribution in [2.75, 3.05) is 6.61 Å². The first-order valence-corrected chi connectivity index (χ1v) is 14.0. The number of ether oxygens (including phenoxy) is 1. The number of benzene rings is 5. The van der Waals surface area contributed by atoms with Crippen LogP contribution in [0.15, 0.2) is 103 Å². The number of hydrogen-bond acceptors (Lipinski definition) is 3. The van der Waals surface area contributed by atoms with Gasteiger partial charge in [-0.25, -0.2) is 17.6 Å². The fourth-order valence-electron chi connectivity index (χ4n) is 4.81. The summed E-state index contributed by atoms with van der Waals surface area (Å²) < 4.78 is 62.0. The van der Waals surface area contributed by atoms with Crippen LogP contribution in [-0.4, -0.2) is 13.4 Å². The van der Waals surface area contributed by atoms with Crippen molar-refractivity contribution >= 4 is 6.79 Å². The third-order valence-corrected chi connectivity index (χ3v) is 7.12. The van der Waals surface area contributed by atoms with Crippen LogP contribution >= 0.6 is 0 Å². The lowest BCUT2D eigenvalue weighted by atomic mass is 9.99. The van der Waals surface area contributed by atoms with Crippen molar-refractivity contribution in [1.29, 1.82) is 5.26 Å². The highest BCUT2D eigenvalue weighted by Gasteiger charge is 2.11. The van der Waals surface area contributed by atoms with E-state index in [1.54, 1.807) is 36.4 Å². The summed E-state index contributed by atoms with van der Waals surface area (Å²) in [6.45, 7) is 2.54. The quantitative estimate of drug-likeness (QED) is 0.119. The van der Waals surface area contributed by atoms with Gasteiger partial charge in [-0.3, -0.25) is 0 Å². The summed E-state index contributed by atoms with van der Waals surface area (Å²) in [4.78, 5) is 8.00. The second kappa shape index (κ2) is 15.3. The second-order valence-corrected chi connectivity index (χ2v) is 10.0. The van der Waals surface area contributed by atoms with Crippen molar-refractivity contribution in [3.05, 3.63) is 138 Å². The average molecular weight is 596 g/mol. The van der Waals surface area contributed by atoms with Gasteiger partial charge >= 0.3 is 0 Å². The van der Waals surface area contributed by atoms with E-state index in [0.29, 0.717) is 35.3 Å². The Labute approximate surface area is 254 Å². The number of carbonyl (C=O) groups excluding carboxylic acids is 1. The Morgan fingerprint density at radius 3 is 1.82 bits per heavy atom. The van der Waals surface area contributed by atoms with Crippen molar-refractivity contribution < 1.29 is 27.1 Å². The Morgan fingerprint density at radius 1 is 0.568 bits per heavy atom. The topological polar surface area (TPSA) is 50.1 Å². The van der Waals surface area contributed by atoms with Crippen molar-refractivity contribution in [1.82, 2.24) is 0 Å². The molecule has 0 saturated heterocycles. The molecule has 0 unspecified atom stereocenters. The molecule has 0 heterocycles. The summed E-state index contributed by atoms with van der Waals surface area (Å²) in [6, 6.07) is 29.7. The summed E-state index contributed by atoms with van der Waals surface area (Å²) in [5.74, 6) is -2.04. The van der Waals surface area contributed by atoms with E-state index < -0.39 is 17.5 Å². The van der Waals surface area contributed by atoms with Gasteiger partial charge in [0.1, 0.15) is 24.2 Å². The van der Waals surface area contributed by atoms with E-state index in [0.717, 1.165) is 53.8 Å². The third-order valence-electron chi connectivity index (χ3n) is 7.12. The van der Waals surface area contributed by atoms with Gasteiger partial charge in [0.2, 0.25) is 0 Å². The number of rotatable bonds is 10. The van der Waals surface area contributed by atoms with Crippen LogP contribution in [-0.2, 0) is 11.2 Å². The van der Waals surface area contributed by atoms with Crippen molar-refractivity contribution in [2.45, 2.75) is 25.7 Å². The molecule has 0 N–H and O–H groups in total. The van der Waals surface area contributed by atoms with Crippen LogP contribution in [0.25, 0.3) is 33.4 Å². The van der Waals surface area contributed by atoms with Gasteiger partial charge in [0.05, 0.1) is 18.2 Å². The van der Waals surface area contributed by atoms with Crippen molar-refractivity contribution in [2.24, 2.45) is 0 Å². The Hall–Kier alpha value is -5.22. The molecule has 0 aliphatic rings. The molecule has 0 spiro atoms. The Morgan fingerprint density at radius 2 is 1.16 bits per heavy atom. The summed E-state index contributed by atoms with van der Waals surface area (Å²) >= 11 is 0. The average Bonchev–Trinajstić information content (AvgIpc) is 3.05. The van der Waals surface area contributed by atoms with Crippen LogP contribution in [0.1, 0.15) is 30.4 Å². The van der Waals surface area contributed by atoms with Gasteiger partial charge in [0.15, 0.2) is 11.6 Å². The van der Waals surface area contributed by atoms with Crippen molar-refractivity contribution in [3.63, 3.8) is 0 Å². The Bertz CT molecular complexity index is 1750. The molecule has 5 rings (SSSR count). The summed E-state index contributed by atoms with van der Waals surface area (Å²) in [5.41, 5.74) is 4.73. The number of nitriles is 1. The maximum atomic E-state index is 14.9. The maximum absolute atomic E-state index is 14.9. The van der Waals surface area contributed by atoms with Crippen molar-refractivity contribution in [3.8, 4) is 45.2 Å². The zero-order chi connectivity index (χ0) is 31.5. The predicted molar refractivity (Wildman–Crippen MR) is 164 cm³/mol. The molecule has 44 heavy (non-hydrogen) atoms. The molecule has 7 heteroatoms. The van der Waals surface area contributed by atoms with Crippen LogP contribution in [0.4, 0.5) is 17.6 Å². The number of unbranched alkanes of at least 4 members (excludes halogenated alkanes) is 2. The summed E-state index contributed by atoms with van der Waals surface area (Å²) in [7, 11) is 0. The molecule has 222 valence electrons. The molecular formula is C37H29F4NO2. The van der Waals surface area contributed by atoms with Crippen LogP contribution < -0.4 is 4.74 Å². The van der Waals surface area contributed by atoms with E-state index >= 15 is 0 Å². The maximum Gasteiger partial charge on any atom is 0.159 e. The molecule has 3 nitrogen and oxygen atoms in total. The van der Waals surface area contributed by atoms with Gasteiger partial charge in [-0.05, 0) is 102 Å². The lowest BCUT2D eigenvalue weighted by molar-refractivity contribution is -0.0980. The van der Waals surface area contributed by atoms with Crippen LogP contribution in [0.3, 0.4) is 0 Å². The molecule has 0 aliphatic heterocycles. The van der Waals surface area contributed by atoms with Gasteiger partial charge < -0.3 is 9.53 Å². The number of hydrogen-bond donors (Lipinski definition) is 0. The normalized spacial score (nSPS) is 10.4. The lowest BCUT2D eigenvalue weighted by Gasteiger charge is -2.10. The minimum atomic E-state index is -1.00. The van der Waals surface area contributed by atoms with Gasteiger partial charge in [0.25, 0.3) is 0 Å². The molecule has 0 radical (unpaired) electrons. The van der Waals surface area contributed by atoms with E-state index in [1.165, 1.54) is 18.2 Å². The largest absolute Gasteiger partial charge is 0.494 e. The molecule has 0 bridgehead atoms. The first-order chi connectivity index (χ1) is 21.4. The SMILES string of the molecule is C=O.N#Cc1ccc(-c2ccc(-c3ccc(OCCCCCc4ccc(-c5ccc(F)c(F)c5)c(F)c4)cc3)cc2F)cc1. The standard InChI is InChI=1S/C36H27F4NO.CH2O/c37-33-18-13-29(22-36(33)40)32-16-7-24(20-34(32)38)4-2-1-3-19-42-30-14-10-26(11-15-30)28-12-17-31(35(39)21-28)27-8-5-25(23-41)6-9-27;1-2/h5-18,20-22H,1-4,19H2;1H2. The monoisotopic (exact) mass is 595 g/mol. The minimum absolute atomic E-state index is 0.238. The first kappa shape index (κ1) is 31.7. The van der Waals surface area contributed by atoms with Crippen LogP contribution in [0, 0.1) is 34.6 Å². The smallest absolute Gasteiger partial charge is 0.159 e. The number of aryl methyl sites for hydroxylation is 1. The molecule has 0 aromatic heterocycles. The molecule has 0 amide bonds. The lowest BCUT2D eigenvalue weighted by Crippen LogP contribution is -1.98. The number of nitrogens with zero attached hydrogens (tertiary/aromatic N) is 1. The van der Waals surface area contributed by atoms with Crippen LogP contribution in [0.5, 0.6) is 5.75 Å². The summed E-state index contributed by atoms with van der Waals surface area (Å²) in [5, 5.41) is 8.95. The van der Waals surface area contributed by atoms with Gasteiger partial charge in [0, 0.05) is 11.1 Å². The highest BCUT2D eigenvalue weighted by Crippen LogP contribution is 2.30. The fraction of sp³-hybridized carbons (Fsp3) is 0.135. The van der Waals surface area contributed by atoms with E-state index in [2.05, 4.69) is 6.07 Å². The Balaban J connectivity index is 0.00000216. The van der Waals surface area contributed by atoms with Crippen LogP contribution in [0.2, 0.25) is 0 Å². The number of halogens is 4. The zero-order valence-electron chi connectivity index (χ0n) is 23.8. The molecule has 0 atom stereocenters. The first-order valence-electron chi connectivity index (χ1n) is 14.0. The van der Waals surface area contributed by atoms with Gasteiger partial charge in [-0.2, -0.15) is 5.26 Å². The summed E-state index contributed by atoms with van der Waals surface area (Å²) in [6.07, 6.45) is 3.29. The van der Waals surface area contributed by atoms with E-state index in [-0.39, 0.29) is 11.4 Å². The second-order valence-electron chi connectivity index (χ2n) is 10.0. The zero-order valence-corrected chi connectivity index (χ0v) is 23.8. The van der Waals surface area contributed by atoms with E-state index in [9.17, 15) is 17.6 Å². The van der Waals surface area contributed by atoms with E-state index in [4.69, 9.17) is 14.8 Å². The molecule has 0 saturated carbocycles. The molecule has 5 aromatic rings. The highest BCUT2D eigenvalue weighted by atomic mass is 19.2. The molecule has 5 aromatic carbocycles. The third kappa shape index (κ3) is 7.99. The molecular weight excluding hydrogens is 566 g/mol. The van der Waals surface area contributed by atoms with Gasteiger partial charge in [-0.15, -0.1) is 0 Å². The highest BCUT2D eigenvalue weighted by molar-refractivity contribution is 5.71. The predicted octanol–water partition coefficient (Wildman–Crippen LogP) is 9.72. The molecule has 0 aliphatic carbocycles. The molecule has 0 fully saturated rings. The number of carbonyl (C=O) groups is 1. The minimum Gasteiger partial charge on any atom is -0.494 e. The van der Waals surface area contributed by atoms with Gasteiger partial charge in [-0.1, -0.05) is 54.6 Å². The Kier molecular flexibility index (Phi) is 11.0. The van der Waals surface area contributed by atoms with E-state index in [1.807, 2.05) is 43.2 Å².